The third-order valence-corrected chi connectivity index (χ3v) is 4.33. The van der Waals surface area contributed by atoms with Crippen molar-refractivity contribution in [3.05, 3.63) is 29.3 Å². The molecule has 1 aliphatic heterocycles. The summed E-state index contributed by atoms with van der Waals surface area (Å²) in [5.74, 6) is 0.343. The lowest BCUT2D eigenvalue weighted by Crippen LogP contribution is -2.43. The molecule has 1 aliphatic carbocycles. The van der Waals surface area contributed by atoms with Crippen LogP contribution in [0.4, 0.5) is 0 Å². The molecule has 0 unspecified atom stereocenters. The number of nitrogens with zero attached hydrogens (tertiary/aromatic N) is 1. The monoisotopic (exact) mass is 247 g/mol. The van der Waals surface area contributed by atoms with Gasteiger partial charge in [-0.3, -0.25) is 4.90 Å². The van der Waals surface area contributed by atoms with Crippen molar-refractivity contribution in [1.29, 1.82) is 0 Å². The van der Waals surface area contributed by atoms with Gasteiger partial charge in [0, 0.05) is 19.6 Å². The minimum atomic E-state index is -0.464. The van der Waals surface area contributed by atoms with E-state index in [1.807, 2.05) is 12.1 Å². The number of fused-ring (bicyclic) bond motifs is 1. The maximum atomic E-state index is 10.5. The summed E-state index contributed by atoms with van der Waals surface area (Å²) in [6, 6.07) is 5.64. The molecule has 18 heavy (non-hydrogen) atoms. The molecule has 0 saturated heterocycles. The fraction of sp³-hybridized carbons (Fsp3) is 0.600. The van der Waals surface area contributed by atoms with E-state index < -0.39 is 5.60 Å². The standard InChI is InChI=1S/C15H21NO2/c17-14-4-3-12-5-8-16(10-13(12)9-14)11-15(18)6-1-2-7-15/h3-4,9,17-18H,1-2,5-8,10-11H2. The number of hydrogen-bond acceptors (Lipinski definition) is 3. The highest BCUT2D eigenvalue weighted by molar-refractivity contribution is 5.36. The lowest BCUT2D eigenvalue weighted by atomic mass is 9.96. The molecule has 3 heteroatoms. The van der Waals surface area contributed by atoms with Crippen molar-refractivity contribution in [2.24, 2.45) is 0 Å². The second-order valence-electron chi connectivity index (χ2n) is 5.85. The molecule has 0 spiro atoms. The second-order valence-corrected chi connectivity index (χ2v) is 5.85. The van der Waals surface area contributed by atoms with Gasteiger partial charge in [-0.15, -0.1) is 0 Å². The van der Waals surface area contributed by atoms with Crippen LogP contribution in [0.25, 0.3) is 0 Å². The molecule has 3 rings (SSSR count). The molecule has 0 aromatic heterocycles. The maximum absolute atomic E-state index is 10.5. The topological polar surface area (TPSA) is 43.7 Å². The molecule has 1 fully saturated rings. The Hall–Kier alpha value is -1.06. The summed E-state index contributed by atoms with van der Waals surface area (Å²) >= 11 is 0. The zero-order chi connectivity index (χ0) is 12.6. The number of phenolic OH excluding ortho intramolecular Hbond substituents is 1. The van der Waals surface area contributed by atoms with Crippen LogP contribution in [0.2, 0.25) is 0 Å². The average molecular weight is 247 g/mol. The summed E-state index contributed by atoms with van der Waals surface area (Å²) in [7, 11) is 0. The van der Waals surface area contributed by atoms with Gasteiger partial charge in [-0.1, -0.05) is 18.9 Å². The zero-order valence-corrected chi connectivity index (χ0v) is 10.7. The van der Waals surface area contributed by atoms with Crippen LogP contribution in [0.5, 0.6) is 5.75 Å². The number of phenols is 1. The summed E-state index contributed by atoms with van der Waals surface area (Å²) in [6.45, 7) is 2.65. The van der Waals surface area contributed by atoms with Crippen LogP contribution in [0.3, 0.4) is 0 Å². The SMILES string of the molecule is Oc1ccc2c(c1)CN(CC1(O)CCCC1)CC2. The zero-order valence-electron chi connectivity index (χ0n) is 10.7. The van der Waals surface area contributed by atoms with Gasteiger partial charge < -0.3 is 10.2 Å². The summed E-state index contributed by atoms with van der Waals surface area (Å²) in [5.41, 5.74) is 2.08. The van der Waals surface area contributed by atoms with E-state index in [0.29, 0.717) is 5.75 Å². The van der Waals surface area contributed by atoms with Crippen LogP contribution in [0.15, 0.2) is 18.2 Å². The minimum absolute atomic E-state index is 0.343. The first-order chi connectivity index (χ1) is 8.65. The van der Waals surface area contributed by atoms with Crippen LogP contribution in [0.1, 0.15) is 36.8 Å². The van der Waals surface area contributed by atoms with Crippen LogP contribution >= 0.6 is 0 Å². The predicted octanol–water partition coefficient (Wildman–Crippen LogP) is 2.06. The molecule has 0 atom stereocenters. The van der Waals surface area contributed by atoms with E-state index in [1.54, 1.807) is 6.07 Å². The molecule has 1 heterocycles. The Bertz CT molecular complexity index is 438. The largest absolute Gasteiger partial charge is 0.508 e. The average Bonchev–Trinajstić information content (AvgIpc) is 2.75. The van der Waals surface area contributed by atoms with E-state index in [-0.39, 0.29) is 0 Å². The van der Waals surface area contributed by atoms with Crippen molar-refractivity contribution in [2.45, 2.75) is 44.2 Å². The molecule has 0 bridgehead atoms. The van der Waals surface area contributed by atoms with Crippen LogP contribution in [0, 0.1) is 0 Å². The summed E-state index contributed by atoms with van der Waals surface area (Å²) < 4.78 is 0. The number of aliphatic hydroxyl groups is 1. The van der Waals surface area contributed by atoms with Crippen molar-refractivity contribution in [2.75, 3.05) is 13.1 Å². The van der Waals surface area contributed by atoms with E-state index in [0.717, 1.165) is 51.7 Å². The maximum Gasteiger partial charge on any atom is 0.115 e. The normalized spacial score (nSPS) is 22.9. The first kappa shape index (κ1) is 12.0. The van der Waals surface area contributed by atoms with E-state index in [9.17, 15) is 10.2 Å². The number of aromatic hydroxyl groups is 1. The number of rotatable bonds is 2. The van der Waals surface area contributed by atoms with Crippen molar-refractivity contribution in [1.82, 2.24) is 4.90 Å². The van der Waals surface area contributed by atoms with Crippen molar-refractivity contribution < 1.29 is 10.2 Å². The fourth-order valence-electron chi connectivity index (χ4n) is 3.34. The van der Waals surface area contributed by atoms with E-state index >= 15 is 0 Å². The molecular formula is C15H21NO2. The number of benzene rings is 1. The predicted molar refractivity (Wildman–Crippen MR) is 70.5 cm³/mol. The van der Waals surface area contributed by atoms with Gasteiger partial charge in [0.2, 0.25) is 0 Å². The Morgan fingerprint density at radius 2 is 1.94 bits per heavy atom. The Morgan fingerprint density at radius 1 is 1.17 bits per heavy atom. The molecule has 1 aromatic carbocycles. The summed E-state index contributed by atoms with van der Waals surface area (Å²) in [4.78, 5) is 2.33. The third kappa shape index (κ3) is 2.38. The lowest BCUT2D eigenvalue weighted by molar-refractivity contribution is 0.00558. The Morgan fingerprint density at radius 3 is 2.72 bits per heavy atom. The number of β-amino-alcohol motifs (C(OH)–C–C–N with tert-alkyl or cyclic N) is 1. The number of hydrogen-bond donors (Lipinski definition) is 2. The molecular weight excluding hydrogens is 226 g/mol. The molecule has 98 valence electrons. The second kappa shape index (κ2) is 4.56. The highest BCUT2D eigenvalue weighted by atomic mass is 16.3. The fourth-order valence-corrected chi connectivity index (χ4v) is 3.34. The quantitative estimate of drug-likeness (QED) is 0.840. The van der Waals surface area contributed by atoms with Gasteiger partial charge in [-0.2, -0.15) is 0 Å². The Kier molecular flexibility index (Phi) is 3.04. The van der Waals surface area contributed by atoms with Gasteiger partial charge in [-0.05, 0) is 42.5 Å². The molecule has 2 aliphatic rings. The van der Waals surface area contributed by atoms with Crippen LogP contribution in [-0.2, 0) is 13.0 Å². The molecule has 1 saturated carbocycles. The molecule has 0 amide bonds. The van der Waals surface area contributed by atoms with Gasteiger partial charge in [0.05, 0.1) is 5.60 Å². The van der Waals surface area contributed by atoms with Gasteiger partial charge in [0.25, 0.3) is 0 Å². The van der Waals surface area contributed by atoms with E-state index in [2.05, 4.69) is 4.90 Å². The molecule has 0 radical (unpaired) electrons. The van der Waals surface area contributed by atoms with E-state index in [1.165, 1.54) is 11.1 Å². The van der Waals surface area contributed by atoms with Gasteiger partial charge in [-0.25, -0.2) is 0 Å². The summed E-state index contributed by atoms with van der Waals surface area (Å²) in [5, 5.41) is 20.0. The van der Waals surface area contributed by atoms with Crippen molar-refractivity contribution >= 4 is 0 Å². The lowest BCUT2D eigenvalue weighted by Gasteiger charge is -2.34. The van der Waals surface area contributed by atoms with Crippen molar-refractivity contribution in [3.8, 4) is 5.75 Å². The van der Waals surface area contributed by atoms with Crippen LogP contribution < -0.4 is 0 Å². The van der Waals surface area contributed by atoms with E-state index in [4.69, 9.17) is 0 Å². The smallest absolute Gasteiger partial charge is 0.115 e. The highest BCUT2D eigenvalue weighted by Gasteiger charge is 2.33. The van der Waals surface area contributed by atoms with Gasteiger partial charge in [0.1, 0.15) is 5.75 Å². The third-order valence-electron chi connectivity index (χ3n) is 4.33. The first-order valence-corrected chi connectivity index (χ1v) is 6.90. The molecule has 1 aromatic rings. The van der Waals surface area contributed by atoms with Gasteiger partial charge >= 0.3 is 0 Å². The molecule has 3 nitrogen and oxygen atoms in total. The molecule has 2 N–H and O–H groups in total. The minimum Gasteiger partial charge on any atom is -0.508 e. The van der Waals surface area contributed by atoms with Crippen molar-refractivity contribution in [3.63, 3.8) is 0 Å². The highest BCUT2D eigenvalue weighted by Crippen LogP contribution is 2.32. The Balaban J connectivity index is 1.70. The van der Waals surface area contributed by atoms with Gasteiger partial charge in [0.15, 0.2) is 0 Å². The first-order valence-electron chi connectivity index (χ1n) is 6.90. The summed E-state index contributed by atoms with van der Waals surface area (Å²) in [6.07, 6.45) is 5.21. The Labute approximate surface area is 108 Å². The van der Waals surface area contributed by atoms with Crippen LogP contribution in [-0.4, -0.2) is 33.8 Å².